The molecule has 0 aliphatic carbocycles. The Bertz CT molecular complexity index is 1120. The summed E-state index contributed by atoms with van der Waals surface area (Å²) in [6.45, 7) is 4.02. The average Bonchev–Trinajstić information content (AvgIpc) is 3.34. The highest BCUT2D eigenvalue weighted by Gasteiger charge is 2.27. The summed E-state index contributed by atoms with van der Waals surface area (Å²) < 4.78 is 37.7. The van der Waals surface area contributed by atoms with Gasteiger partial charge in [-0.05, 0) is 47.5 Å². The normalized spacial score (nSPS) is 16.0. The quantitative estimate of drug-likeness (QED) is 0.544. The highest BCUT2D eigenvalue weighted by Crippen LogP contribution is 2.34. The maximum atomic E-state index is 13.5. The number of amides is 1. The third-order valence-electron chi connectivity index (χ3n) is 6.45. The van der Waals surface area contributed by atoms with Crippen molar-refractivity contribution in [3.8, 4) is 11.5 Å². The predicted octanol–water partition coefficient (Wildman–Crippen LogP) is 4.43. The average molecular weight is 480 g/mol. The van der Waals surface area contributed by atoms with Gasteiger partial charge in [-0.1, -0.05) is 24.3 Å². The van der Waals surface area contributed by atoms with Crippen LogP contribution >= 0.6 is 0 Å². The molecular formula is C27H27F2N3O3. The molecule has 0 radical (unpaired) electrons. The molecule has 2 aliphatic heterocycles. The second kappa shape index (κ2) is 10.4. The third-order valence-corrected chi connectivity index (χ3v) is 6.45. The lowest BCUT2D eigenvalue weighted by molar-refractivity contribution is -0.116. The molecule has 5 rings (SSSR count). The molecule has 0 unspecified atom stereocenters. The Kier molecular flexibility index (Phi) is 6.92. The molecule has 0 bridgehead atoms. The lowest BCUT2D eigenvalue weighted by Crippen LogP contribution is -2.48. The molecule has 6 nitrogen and oxygen atoms in total. The number of carbonyl (C=O) groups excluding carboxylic acids is 1. The maximum Gasteiger partial charge on any atom is 0.231 e. The Hall–Kier alpha value is -3.49. The number of nitrogens with one attached hydrogen (secondary N) is 1. The van der Waals surface area contributed by atoms with Crippen LogP contribution in [0.1, 0.15) is 23.6 Å². The molecule has 0 atom stereocenters. The molecule has 2 heterocycles. The summed E-state index contributed by atoms with van der Waals surface area (Å²) in [4.78, 5) is 17.1. The van der Waals surface area contributed by atoms with Gasteiger partial charge in [0, 0.05) is 50.9 Å². The monoisotopic (exact) mass is 479 g/mol. The zero-order valence-corrected chi connectivity index (χ0v) is 19.3. The molecule has 1 amide bonds. The first-order chi connectivity index (χ1) is 17.0. The SMILES string of the molecule is O=C(CCN1CCN(C(c2ccc(F)cc2)c2ccc(F)cc2)CC1)Nc1ccc2c(c1)OCO2. The smallest absolute Gasteiger partial charge is 0.231 e. The van der Waals surface area contributed by atoms with Gasteiger partial charge in [0.25, 0.3) is 0 Å². The number of piperazine rings is 1. The molecular weight excluding hydrogens is 452 g/mol. The van der Waals surface area contributed by atoms with Crippen molar-refractivity contribution < 1.29 is 23.0 Å². The molecule has 3 aromatic carbocycles. The van der Waals surface area contributed by atoms with Crippen molar-refractivity contribution in [3.05, 3.63) is 89.5 Å². The Morgan fingerprint density at radius 1 is 0.829 bits per heavy atom. The van der Waals surface area contributed by atoms with E-state index >= 15 is 0 Å². The Balaban J connectivity index is 1.17. The van der Waals surface area contributed by atoms with Gasteiger partial charge in [0.15, 0.2) is 11.5 Å². The van der Waals surface area contributed by atoms with E-state index in [2.05, 4.69) is 15.1 Å². The van der Waals surface area contributed by atoms with Crippen LogP contribution in [0.4, 0.5) is 14.5 Å². The van der Waals surface area contributed by atoms with Crippen molar-refractivity contribution in [1.29, 1.82) is 0 Å². The van der Waals surface area contributed by atoms with Crippen LogP contribution in [0.2, 0.25) is 0 Å². The second-order valence-electron chi connectivity index (χ2n) is 8.75. The number of hydrogen-bond acceptors (Lipinski definition) is 5. The summed E-state index contributed by atoms with van der Waals surface area (Å²) in [6, 6.07) is 18.3. The summed E-state index contributed by atoms with van der Waals surface area (Å²) in [5.74, 6) is 0.698. The molecule has 1 fully saturated rings. The number of rotatable bonds is 7. The van der Waals surface area contributed by atoms with Crippen molar-refractivity contribution in [2.45, 2.75) is 12.5 Å². The van der Waals surface area contributed by atoms with E-state index in [-0.39, 0.29) is 30.4 Å². The fraction of sp³-hybridized carbons (Fsp3) is 0.296. The first-order valence-corrected chi connectivity index (χ1v) is 11.7. The largest absolute Gasteiger partial charge is 0.454 e. The van der Waals surface area contributed by atoms with Gasteiger partial charge in [-0.15, -0.1) is 0 Å². The van der Waals surface area contributed by atoms with Crippen molar-refractivity contribution >= 4 is 11.6 Å². The molecule has 8 heteroatoms. The van der Waals surface area contributed by atoms with Gasteiger partial charge < -0.3 is 19.7 Å². The highest BCUT2D eigenvalue weighted by molar-refractivity contribution is 5.91. The van der Waals surface area contributed by atoms with E-state index in [1.165, 1.54) is 24.3 Å². The van der Waals surface area contributed by atoms with Gasteiger partial charge in [-0.3, -0.25) is 9.69 Å². The van der Waals surface area contributed by atoms with Gasteiger partial charge in [-0.25, -0.2) is 8.78 Å². The fourth-order valence-electron chi connectivity index (χ4n) is 4.61. The topological polar surface area (TPSA) is 54.0 Å². The number of ether oxygens (including phenoxy) is 2. The lowest BCUT2D eigenvalue weighted by Gasteiger charge is -2.39. The fourth-order valence-corrected chi connectivity index (χ4v) is 4.61. The van der Waals surface area contributed by atoms with Crippen LogP contribution in [0.25, 0.3) is 0 Å². The molecule has 0 spiro atoms. The van der Waals surface area contributed by atoms with Crippen molar-refractivity contribution in [1.82, 2.24) is 9.80 Å². The number of benzene rings is 3. The van der Waals surface area contributed by atoms with E-state index < -0.39 is 0 Å². The number of carbonyl (C=O) groups is 1. The molecule has 2 aliphatic rings. The lowest BCUT2D eigenvalue weighted by atomic mass is 9.96. The van der Waals surface area contributed by atoms with Gasteiger partial charge >= 0.3 is 0 Å². The van der Waals surface area contributed by atoms with Crippen LogP contribution in [0.3, 0.4) is 0 Å². The zero-order chi connectivity index (χ0) is 24.2. The Labute approximate surface area is 203 Å². The maximum absolute atomic E-state index is 13.5. The van der Waals surface area contributed by atoms with Crippen LogP contribution in [0, 0.1) is 11.6 Å². The predicted molar refractivity (Wildman–Crippen MR) is 128 cm³/mol. The van der Waals surface area contributed by atoms with Gasteiger partial charge in [0.1, 0.15) is 11.6 Å². The van der Waals surface area contributed by atoms with E-state index in [0.29, 0.717) is 30.2 Å². The van der Waals surface area contributed by atoms with E-state index in [1.54, 1.807) is 42.5 Å². The summed E-state index contributed by atoms with van der Waals surface area (Å²) in [7, 11) is 0. The summed E-state index contributed by atoms with van der Waals surface area (Å²) in [6.07, 6.45) is 0.383. The number of halogens is 2. The first kappa shape index (κ1) is 23.3. The minimum Gasteiger partial charge on any atom is -0.454 e. The van der Waals surface area contributed by atoms with Crippen LogP contribution in [0.15, 0.2) is 66.7 Å². The number of hydrogen-bond donors (Lipinski definition) is 1. The highest BCUT2D eigenvalue weighted by atomic mass is 19.1. The summed E-state index contributed by atoms with van der Waals surface area (Å²) in [5.41, 5.74) is 2.62. The van der Waals surface area contributed by atoms with Crippen molar-refractivity contribution in [2.24, 2.45) is 0 Å². The number of fused-ring (bicyclic) bond motifs is 1. The van der Waals surface area contributed by atoms with Crippen LogP contribution in [0.5, 0.6) is 11.5 Å². The minimum atomic E-state index is -0.282. The van der Waals surface area contributed by atoms with E-state index in [0.717, 1.165) is 37.3 Å². The van der Waals surface area contributed by atoms with E-state index in [1.807, 2.05) is 0 Å². The molecule has 1 N–H and O–H groups in total. The molecule has 182 valence electrons. The molecule has 0 aromatic heterocycles. The van der Waals surface area contributed by atoms with E-state index in [9.17, 15) is 13.6 Å². The molecule has 1 saturated heterocycles. The van der Waals surface area contributed by atoms with E-state index in [4.69, 9.17) is 9.47 Å². The first-order valence-electron chi connectivity index (χ1n) is 11.7. The van der Waals surface area contributed by atoms with Crippen LogP contribution < -0.4 is 14.8 Å². The molecule has 35 heavy (non-hydrogen) atoms. The number of nitrogens with zero attached hydrogens (tertiary/aromatic N) is 2. The second-order valence-corrected chi connectivity index (χ2v) is 8.75. The van der Waals surface area contributed by atoms with Crippen LogP contribution in [-0.2, 0) is 4.79 Å². The summed E-state index contributed by atoms with van der Waals surface area (Å²) >= 11 is 0. The zero-order valence-electron chi connectivity index (χ0n) is 19.3. The van der Waals surface area contributed by atoms with Gasteiger partial charge in [0.05, 0.1) is 6.04 Å². The minimum absolute atomic E-state index is 0.0539. The van der Waals surface area contributed by atoms with Gasteiger partial charge in [0.2, 0.25) is 12.7 Å². The third kappa shape index (κ3) is 5.61. The molecule has 3 aromatic rings. The standard InChI is InChI=1S/C27H27F2N3O3/c28-21-5-1-19(2-6-21)27(20-3-7-22(29)8-4-20)32-15-13-31(14-16-32)12-11-26(33)30-23-9-10-24-25(17-23)35-18-34-24/h1-10,17,27H,11-16,18H2,(H,30,33). The summed E-state index contributed by atoms with van der Waals surface area (Å²) in [5, 5.41) is 2.92. The Morgan fingerprint density at radius 2 is 1.43 bits per heavy atom. The van der Waals surface area contributed by atoms with Crippen LogP contribution in [-0.4, -0.2) is 55.2 Å². The molecule has 0 saturated carbocycles. The van der Waals surface area contributed by atoms with Crippen molar-refractivity contribution in [3.63, 3.8) is 0 Å². The van der Waals surface area contributed by atoms with Gasteiger partial charge in [-0.2, -0.15) is 0 Å². The number of anilines is 1. The van der Waals surface area contributed by atoms with Crippen molar-refractivity contribution in [2.75, 3.05) is 44.8 Å². The Morgan fingerprint density at radius 3 is 2.06 bits per heavy atom.